The third-order valence-electron chi connectivity index (χ3n) is 3.21. The van der Waals surface area contributed by atoms with Gasteiger partial charge in [0.25, 0.3) is 0 Å². The lowest BCUT2D eigenvalue weighted by atomic mass is 10.1. The molecule has 1 aromatic heterocycles. The zero-order valence-electron chi connectivity index (χ0n) is 10.2. The first-order valence-electron chi connectivity index (χ1n) is 6.09. The summed E-state index contributed by atoms with van der Waals surface area (Å²) in [6, 6.07) is 1.07. The molecule has 1 saturated carbocycles. The second-order valence-corrected chi connectivity index (χ2v) is 4.71. The van der Waals surface area contributed by atoms with Crippen LogP contribution in [0.4, 0.5) is 0 Å². The number of carboxylic acid groups (broad SMARTS) is 1. The van der Waals surface area contributed by atoms with Crippen molar-refractivity contribution in [3.63, 3.8) is 0 Å². The molecule has 18 heavy (non-hydrogen) atoms. The lowest BCUT2D eigenvalue weighted by Crippen LogP contribution is -2.41. The molecule has 1 amide bonds. The van der Waals surface area contributed by atoms with Crippen LogP contribution in [0.25, 0.3) is 0 Å². The van der Waals surface area contributed by atoms with E-state index >= 15 is 0 Å². The van der Waals surface area contributed by atoms with Crippen molar-refractivity contribution in [2.24, 2.45) is 5.92 Å². The number of nitrogens with one attached hydrogen (secondary N) is 1. The van der Waals surface area contributed by atoms with Gasteiger partial charge in [-0.2, -0.15) is 5.10 Å². The van der Waals surface area contributed by atoms with E-state index in [1.165, 1.54) is 0 Å². The molecule has 2 rings (SSSR count). The standard InChI is InChI=1S/C12H17N3O3/c1-8(15-6-2-5-13-15)12(18)14-10(7-11(16)17)9-3-4-9/h2,5-6,8-10H,3-4,7H2,1H3,(H,14,18)(H,16,17). The fraction of sp³-hybridized carbons (Fsp3) is 0.583. The third kappa shape index (κ3) is 3.09. The highest BCUT2D eigenvalue weighted by Crippen LogP contribution is 2.34. The molecule has 0 aliphatic heterocycles. The molecular weight excluding hydrogens is 234 g/mol. The summed E-state index contributed by atoms with van der Waals surface area (Å²) in [7, 11) is 0. The zero-order valence-corrected chi connectivity index (χ0v) is 10.2. The molecule has 0 aromatic carbocycles. The first-order chi connectivity index (χ1) is 8.58. The number of aromatic nitrogens is 2. The zero-order chi connectivity index (χ0) is 13.1. The van der Waals surface area contributed by atoms with Gasteiger partial charge < -0.3 is 10.4 Å². The maximum atomic E-state index is 12.0. The summed E-state index contributed by atoms with van der Waals surface area (Å²) in [4.78, 5) is 22.8. The predicted octanol–water partition coefficient (Wildman–Crippen LogP) is 0.814. The van der Waals surface area contributed by atoms with Gasteiger partial charge in [0.15, 0.2) is 0 Å². The first kappa shape index (κ1) is 12.6. The van der Waals surface area contributed by atoms with Crippen LogP contribution in [0.5, 0.6) is 0 Å². The number of carbonyl (C=O) groups excluding carboxylic acids is 1. The van der Waals surface area contributed by atoms with Gasteiger partial charge in [-0.1, -0.05) is 0 Å². The summed E-state index contributed by atoms with van der Waals surface area (Å²) in [6.45, 7) is 1.74. The largest absolute Gasteiger partial charge is 0.481 e. The van der Waals surface area contributed by atoms with Crippen LogP contribution >= 0.6 is 0 Å². The van der Waals surface area contributed by atoms with E-state index in [2.05, 4.69) is 10.4 Å². The molecule has 0 spiro atoms. The molecule has 6 heteroatoms. The normalized spacial score (nSPS) is 18.1. The van der Waals surface area contributed by atoms with Gasteiger partial charge in [0, 0.05) is 18.4 Å². The number of nitrogens with zero attached hydrogens (tertiary/aromatic N) is 2. The van der Waals surface area contributed by atoms with Crippen molar-refractivity contribution in [3.05, 3.63) is 18.5 Å². The van der Waals surface area contributed by atoms with Crippen molar-refractivity contribution < 1.29 is 14.7 Å². The number of hydrogen-bond donors (Lipinski definition) is 2. The summed E-state index contributed by atoms with van der Waals surface area (Å²) in [5.41, 5.74) is 0. The summed E-state index contributed by atoms with van der Waals surface area (Å²) >= 11 is 0. The summed E-state index contributed by atoms with van der Waals surface area (Å²) in [5, 5.41) is 15.7. The van der Waals surface area contributed by atoms with Crippen LogP contribution < -0.4 is 5.32 Å². The molecule has 98 valence electrons. The Morgan fingerprint density at radius 2 is 2.28 bits per heavy atom. The van der Waals surface area contributed by atoms with Crippen LogP contribution in [0.15, 0.2) is 18.5 Å². The van der Waals surface area contributed by atoms with Crippen LogP contribution in [0.1, 0.15) is 32.2 Å². The maximum Gasteiger partial charge on any atom is 0.305 e. The molecule has 2 N–H and O–H groups in total. The van der Waals surface area contributed by atoms with Gasteiger partial charge in [-0.25, -0.2) is 0 Å². The fourth-order valence-electron chi connectivity index (χ4n) is 1.96. The van der Waals surface area contributed by atoms with Crippen LogP contribution in [-0.4, -0.2) is 32.8 Å². The van der Waals surface area contributed by atoms with Gasteiger partial charge >= 0.3 is 5.97 Å². The van der Waals surface area contributed by atoms with Gasteiger partial charge in [-0.05, 0) is 31.7 Å². The van der Waals surface area contributed by atoms with E-state index in [9.17, 15) is 9.59 Å². The van der Waals surface area contributed by atoms with Crippen molar-refractivity contribution in [2.75, 3.05) is 0 Å². The lowest BCUT2D eigenvalue weighted by molar-refractivity contribution is -0.138. The van der Waals surface area contributed by atoms with Crippen molar-refractivity contribution in [3.8, 4) is 0 Å². The molecular formula is C12H17N3O3. The molecule has 0 bridgehead atoms. The van der Waals surface area contributed by atoms with Gasteiger partial charge in [0.05, 0.1) is 6.42 Å². The predicted molar refractivity (Wildman–Crippen MR) is 63.8 cm³/mol. The summed E-state index contributed by atoms with van der Waals surface area (Å²) in [6.07, 6.45) is 5.30. The number of rotatable bonds is 6. The Balaban J connectivity index is 1.94. The van der Waals surface area contributed by atoms with Crippen LogP contribution in [0.2, 0.25) is 0 Å². The first-order valence-corrected chi connectivity index (χ1v) is 6.09. The summed E-state index contributed by atoms with van der Waals surface area (Å²) < 4.78 is 1.56. The Bertz CT molecular complexity index is 426. The number of carboxylic acids is 1. The molecule has 0 radical (unpaired) electrons. The van der Waals surface area contributed by atoms with E-state index in [4.69, 9.17) is 5.11 Å². The molecule has 1 aromatic rings. The molecule has 6 nitrogen and oxygen atoms in total. The average molecular weight is 251 g/mol. The lowest BCUT2D eigenvalue weighted by Gasteiger charge is -2.19. The molecule has 1 fully saturated rings. The minimum atomic E-state index is -0.876. The molecule has 2 atom stereocenters. The highest BCUT2D eigenvalue weighted by atomic mass is 16.4. The van der Waals surface area contributed by atoms with Gasteiger partial charge in [0.1, 0.15) is 6.04 Å². The Morgan fingerprint density at radius 3 is 2.78 bits per heavy atom. The Morgan fingerprint density at radius 1 is 1.56 bits per heavy atom. The van der Waals surface area contributed by atoms with Crippen LogP contribution in [-0.2, 0) is 9.59 Å². The number of carbonyl (C=O) groups is 2. The topological polar surface area (TPSA) is 84.2 Å². The van der Waals surface area contributed by atoms with E-state index in [0.717, 1.165) is 12.8 Å². The highest BCUT2D eigenvalue weighted by Gasteiger charge is 2.34. The smallest absolute Gasteiger partial charge is 0.305 e. The third-order valence-corrected chi connectivity index (χ3v) is 3.21. The van der Waals surface area contributed by atoms with Gasteiger partial charge in [0.2, 0.25) is 5.91 Å². The number of hydrogen-bond acceptors (Lipinski definition) is 3. The monoisotopic (exact) mass is 251 g/mol. The summed E-state index contributed by atoms with van der Waals surface area (Å²) in [5.74, 6) is -0.745. The fourth-order valence-corrected chi connectivity index (χ4v) is 1.96. The van der Waals surface area contributed by atoms with E-state index in [1.807, 2.05) is 0 Å². The number of aliphatic carboxylic acids is 1. The molecule has 1 aliphatic carbocycles. The van der Waals surface area contributed by atoms with Crippen molar-refractivity contribution in [1.82, 2.24) is 15.1 Å². The molecule has 1 aliphatic rings. The van der Waals surface area contributed by atoms with Crippen molar-refractivity contribution in [2.45, 2.75) is 38.3 Å². The average Bonchev–Trinajstić information content (AvgIpc) is 3.02. The van der Waals surface area contributed by atoms with E-state index in [-0.39, 0.29) is 18.4 Å². The van der Waals surface area contributed by atoms with E-state index in [0.29, 0.717) is 5.92 Å². The van der Waals surface area contributed by atoms with Crippen LogP contribution in [0.3, 0.4) is 0 Å². The van der Waals surface area contributed by atoms with Gasteiger partial charge in [-0.15, -0.1) is 0 Å². The molecule has 2 unspecified atom stereocenters. The second kappa shape index (κ2) is 5.20. The van der Waals surface area contributed by atoms with Crippen molar-refractivity contribution in [1.29, 1.82) is 0 Å². The molecule has 0 saturated heterocycles. The van der Waals surface area contributed by atoms with E-state index in [1.54, 1.807) is 30.1 Å². The second-order valence-electron chi connectivity index (χ2n) is 4.71. The highest BCUT2D eigenvalue weighted by molar-refractivity contribution is 5.80. The minimum Gasteiger partial charge on any atom is -0.481 e. The Labute approximate surface area is 105 Å². The van der Waals surface area contributed by atoms with Crippen LogP contribution in [0, 0.1) is 5.92 Å². The van der Waals surface area contributed by atoms with E-state index < -0.39 is 12.0 Å². The Kier molecular flexibility index (Phi) is 3.64. The minimum absolute atomic E-state index is 0.0117. The Hall–Kier alpha value is -1.85. The van der Waals surface area contributed by atoms with Crippen molar-refractivity contribution >= 4 is 11.9 Å². The SMILES string of the molecule is CC(C(=O)NC(CC(=O)O)C1CC1)n1cccn1. The van der Waals surface area contributed by atoms with Gasteiger partial charge in [-0.3, -0.25) is 14.3 Å². The maximum absolute atomic E-state index is 12.0. The quantitative estimate of drug-likeness (QED) is 0.783. The number of amides is 1. The molecule has 1 heterocycles.